The number of likely N-dealkylation sites (tertiary alicyclic amines) is 1. The van der Waals surface area contributed by atoms with Gasteiger partial charge < -0.3 is 14.3 Å². The molecule has 1 saturated heterocycles. The van der Waals surface area contributed by atoms with Crippen LogP contribution in [0.25, 0.3) is 11.3 Å². The summed E-state index contributed by atoms with van der Waals surface area (Å²) in [5.41, 5.74) is -0.227. The largest absolute Gasteiger partial charge is 0.468 e. The Morgan fingerprint density at radius 1 is 1.33 bits per heavy atom. The minimum Gasteiger partial charge on any atom is -0.468 e. The summed E-state index contributed by atoms with van der Waals surface area (Å²) >= 11 is 0. The molecule has 0 bridgehead atoms. The molecule has 1 N–H and O–H groups in total. The Kier molecular flexibility index (Phi) is 4.64. The maximum absolute atomic E-state index is 13.8. The third kappa shape index (κ3) is 3.18. The number of methoxy groups -OCH3 is 1. The molecule has 2 aromatic rings. The van der Waals surface area contributed by atoms with E-state index in [1.54, 1.807) is 11.0 Å². The summed E-state index contributed by atoms with van der Waals surface area (Å²) in [6, 6.07) is 6.11. The number of aliphatic hydroxyl groups is 1. The molecule has 7 heteroatoms. The van der Waals surface area contributed by atoms with Crippen molar-refractivity contribution in [2.75, 3.05) is 13.7 Å². The average Bonchev–Trinajstić information content (AvgIpc) is 3.14. The van der Waals surface area contributed by atoms with E-state index in [0.717, 1.165) is 12.1 Å². The minimum atomic E-state index is -0.708. The Hall–Kier alpha value is -2.25. The number of carbonyl (C=O) groups excluding carboxylic acids is 1. The molecule has 0 radical (unpaired) electrons. The van der Waals surface area contributed by atoms with Gasteiger partial charge in [0, 0.05) is 13.0 Å². The van der Waals surface area contributed by atoms with Crippen LogP contribution in [0.5, 0.6) is 0 Å². The third-order valence-electron chi connectivity index (χ3n) is 4.08. The lowest BCUT2D eigenvalue weighted by Crippen LogP contribution is -2.36. The number of nitrogens with zero attached hydrogens (tertiary/aromatic N) is 1. The van der Waals surface area contributed by atoms with Gasteiger partial charge in [-0.2, -0.15) is 0 Å². The van der Waals surface area contributed by atoms with Gasteiger partial charge in [0.15, 0.2) is 0 Å². The summed E-state index contributed by atoms with van der Waals surface area (Å²) in [5, 5.41) is 9.77. The molecule has 0 unspecified atom stereocenters. The smallest absolute Gasteiger partial charge is 0.323 e. The van der Waals surface area contributed by atoms with Gasteiger partial charge in [-0.25, -0.2) is 8.78 Å². The van der Waals surface area contributed by atoms with Crippen LogP contribution >= 0.6 is 0 Å². The van der Waals surface area contributed by atoms with Gasteiger partial charge in [0.2, 0.25) is 0 Å². The number of hydrogen-bond donors (Lipinski definition) is 1. The number of halogens is 2. The molecule has 128 valence electrons. The minimum absolute atomic E-state index is 0.0787. The molecule has 1 aromatic heterocycles. The van der Waals surface area contributed by atoms with Crippen LogP contribution in [0.15, 0.2) is 34.7 Å². The van der Waals surface area contributed by atoms with Crippen LogP contribution in [0.4, 0.5) is 8.78 Å². The van der Waals surface area contributed by atoms with E-state index in [2.05, 4.69) is 0 Å². The van der Waals surface area contributed by atoms with Gasteiger partial charge in [-0.15, -0.1) is 0 Å². The number of carbonyl (C=O) groups is 1. The normalized spacial score (nSPS) is 21.2. The van der Waals surface area contributed by atoms with Crippen molar-refractivity contribution in [1.29, 1.82) is 0 Å². The van der Waals surface area contributed by atoms with E-state index in [0.29, 0.717) is 12.3 Å². The fraction of sp³-hybridized carbons (Fsp3) is 0.353. The molecule has 0 saturated carbocycles. The second-order valence-electron chi connectivity index (χ2n) is 5.72. The van der Waals surface area contributed by atoms with Gasteiger partial charge in [-0.3, -0.25) is 9.69 Å². The number of aliphatic hydroxyl groups excluding tert-OH is 1. The number of hydrogen-bond acceptors (Lipinski definition) is 5. The van der Waals surface area contributed by atoms with Gasteiger partial charge in [-0.1, -0.05) is 6.07 Å². The first kappa shape index (κ1) is 16.6. The van der Waals surface area contributed by atoms with Crippen molar-refractivity contribution in [3.8, 4) is 11.3 Å². The summed E-state index contributed by atoms with van der Waals surface area (Å²) in [6.45, 7) is 0.525. The maximum atomic E-state index is 13.8. The van der Waals surface area contributed by atoms with Gasteiger partial charge in [0.05, 0.1) is 25.3 Å². The van der Waals surface area contributed by atoms with E-state index in [1.807, 2.05) is 0 Å². The second kappa shape index (κ2) is 6.70. The number of rotatable bonds is 4. The Labute approximate surface area is 137 Å². The molecule has 5 nitrogen and oxygen atoms in total. The maximum Gasteiger partial charge on any atom is 0.323 e. The van der Waals surface area contributed by atoms with E-state index in [4.69, 9.17) is 9.15 Å². The van der Waals surface area contributed by atoms with E-state index >= 15 is 0 Å². The first-order valence-electron chi connectivity index (χ1n) is 7.52. The zero-order chi connectivity index (χ0) is 17.3. The van der Waals surface area contributed by atoms with Crippen molar-refractivity contribution < 1.29 is 27.8 Å². The molecular formula is C17H17F2NO4. The molecule has 0 spiro atoms. The second-order valence-corrected chi connectivity index (χ2v) is 5.72. The van der Waals surface area contributed by atoms with E-state index in [1.165, 1.54) is 19.2 Å². The van der Waals surface area contributed by atoms with Crippen molar-refractivity contribution in [3.63, 3.8) is 0 Å². The highest BCUT2D eigenvalue weighted by molar-refractivity contribution is 5.76. The Balaban J connectivity index is 1.80. The summed E-state index contributed by atoms with van der Waals surface area (Å²) in [5.74, 6) is -1.33. The third-order valence-corrected chi connectivity index (χ3v) is 4.08. The predicted molar refractivity (Wildman–Crippen MR) is 80.9 cm³/mol. The highest BCUT2D eigenvalue weighted by Gasteiger charge is 2.37. The van der Waals surface area contributed by atoms with Crippen molar-refractivity contribution in [2.24, 2.45) is 0 Å². The van der Waals surface area contributed by atoms with Gasteiger partial charge in [-0.05, 0) is 24.3 Å². The molecule has 2 atom stereocenters. The number of ether oxygens (including phenoxy) is 1. The van der Waals surface area contributed by atoms with Crippen molar-refractivity contribution in [2.45, 2.75) is 25.1 Å². The Morgan fingerprint density at radius 2 is 2.04 bits per heavy atom. The fourth-order valence-corrected chi connectivity index (χ4v) is 2.97. The van der Waals surface area contributed by atoms with Gasteiger partial charge >= 0.3 is 5.97 Å². The molecule has 0 aliphatic carbocycles. The molecule has 1 aliphatic heterocycles. The summed E-state index contributed by atoms with van der Waals surface area (Å²) in [7, 11) is 1.29. The Bertz CT molecular complexity index is 726. The quantitative estimate of drug-likeness (QED) is 0.868. The zero-order valence-corrected chi connectivity index (χ0v) is 13.0. The van der Waals surface area contributed by atoms with Crippen molar-refractivity contribution >= 4 is 5.97 Å². The molecule has 24 heavy (non-hydrogen) atoms. The average molecular weight is 337 g/mol. The van der Waals surface area contributed by atoms with Crippen LogP contribution in [0.1, 0.15) is 12.2 Å². The SMILES string of the molecule is COC(=O)[C@@H]1C[C@H](O)CN1Cc1ccc(-c2c(F)cccc2F)o1. The molecule has 3 rings (SSSR count). The number of benzene rings is 1. The van der Waals surface area contributed by atoms with E-state index < -0.39 is 29.7 Å². The molecular weight excluding hydrogens is 320 g/mol. The lowest BCUT2D eigenvalue weighted by molar-refractivity contribution is -0.146. The van der Waals surface area contributed by atoms with Crippen LogP contribution in [-0.2, 0) is 16.1 Å². The monoisotopic (exact) mass is 337 g/mol. The van der Waals surface area contributed by atoms with E-state index in [-0.39, 0.29) is 24.3 Å². The van der Waals surface area contributed by atoms with Crippen LogP contribution in [0.3, 0.4) is 0 Å². The predicted octanol–water partition coefficient (Wildman–Crippen LogP) is 2.33. The van der Waals surface area contributed by atoms with E-state index in [9.17, 15) is 18.7 Å². The molecule has 2 heterocycles. The number of esters is 1. The van der Waals surface area contributed by atoms with Crippen LogP contribution in [-0.4, -0.2) is 41.8 Å². The zero-order valence-electron chi connectivity index (χ0n) is 13.0. The molecule has 1 fully saturated rings. The fourth-order valence-electron chi connectivity index (χ4n) is 2.97. The molecule has 0 amide bonds. The molecule has 1 aromatic carbocycles. The van der Waals surface area contributed by atoms with Crippen LogP contribution in [0.2, 0.25) is 0 Å². The summed E-state index contributed by atoms with van der Waals surface area (Å²) < 4.78 is 37.9. The van der Waals surface area contributed by atoms with Gasteiger partial charge in [0.1, 0.15) is 29.2 Å². The summed E-state index contributed by atoms with van der Waals surface area (Å²) in [6.07, 6.45) is -0.352. The van der Waals surface area contributed by atoms with Crippen LogP contribution < -0.4 is 0 Å². The lowest BCUT2D eigenvalue weighted by Gasteiger charge is -2.20. The first-order valence-corrected chi connectivity index (χ1v) is 7.52. The van der Waals surface area contributed by atoms with Crippen molar-refractivity contribution in [1.82, 2.24) is 4.90 Å². The first-order chi connectivity index (χ1) is 11.5. The van der Waals surface area contributed by atoms with Crippen molar-refractivity contribution in [3.05, 3.63) is 47.7 Å². The number of furan rings is 1. The Morgan fingerprint density at radius 3 is 2.71 bits per heavy atom. The molecule has 1 aliphatic rings. The standard InChI is InChI=1S/C17H17F2NO4/c1-23-17(22)14-7-10(21)8-20(14)9-11-5-6-15(24-11)16-12(18)3-2-4-13(16)19/h2-6,10,14,21H,7-9H2,1H3/t10-,14-/m0/s1. The van der Waals surface area contributed by atoms with Crippen LogP contribution in [0, 0.1) is 11.6 Å². The number of β-amino-alcohol motifs (C(OH)–C–C–N with tert-alkyl or cyclic N) is 1. The van der Waals surface area contributed by atoms with Gasteiger partial charge in [0.25, 0.3) is 0 Å². The highest BCUT2D eigenvalue weighted by Crippen LogP contribution is 2.29. The summed E-state index contributed by atoms with van der Waals surface area (Å²) in [4.78, 5) is 13.5. The highest BCUT2D eigenvalue weighted by atomic mass is 19.1. The lowest BCUT2D eigenvalue weighted by atomic mass is 10.1. The topological polar surface area (TPSA) is 62.9 Å².